The number of carbonyl (C=O) groups is 2. The molecule has 0 saturated carbocycles. The normalized spacial score (nSPS) is 10.6. The van der Waals surface area contributed by atoms with Gasteiger partial charge in [0.05, 0.1) is 12.7 Å². The quantitative estimate of drug-likeness (QED) is 0.576. The molecule has 0 aromatic heterocycles. The van der Waals surface area contributed by atoms with Gasteiger partial charge in [-0.2, -0.15) is 5.26 Å². The van der Waals surface area contributed by atoms with Crippen molar-refractivity contribution < 1.29 is 24.2 Å². The number of hydrogen-bond acceptors (Lipinski definition) is 5. The Kier molecular flexibility index (Phi) is 6.55. The summed E-state index contributed by atoms with van der Waals surface area (Å²) in [5.74, 6) is -0.688. The fourth-order valence-electron chi connectivity index (χ4n) is 2.30. The van der Waals surface area contributed by atoms with Crippen LogP contribution in [0.1, 0.15) is 21.5 Å². The number of benzene rings is 2. The van der Waals surface area contributed by atoms with Crippen LogP contribution in [0, 0.1) is 11.3 Å². The van der Waals surface area contributed by atoms with Gasteiger partial charge in [-0.05, 0) is 29.8 Å². The summed E-state index contributed by atoms with van der Waals surface area (Å²) < 4.78 is 11.2. The summed E-state index contributed by atoms with van der Waals surface area (Å²) in [5, 5.41) is 20.5. The molecule has 7 nitrogen and oxygen atoms in total. The SMILES string of the molecule is CNC(=O)/C(C#N)=C\c1cccc(OC)c1OCc1ccc(C(=O)O)cc1. The Morgan fingerprint density at radius 1 is 1.22 bits per heavy atom. The lowest BCUT2D eigenvalue weighted by atomic mass is 10.1. The summed E-state index contributed by atoms with van der Waals surface area (Å²) >= 11 is 0. The number of nitriles is 1. The lowest BCUT2D eigenvalue weighted by molar-refractivity contribution is -0.116. The molecule has 1 amide bonds. The summed E-state index contributed by atoms with van der Waals surface area (Å²) in [6, 6.07) is 13.3. The minimum absolute atomic E-state index is 0.0681. The summed E-state index contributed by atoms with van der Waals surface area (Å²) in [6.45, 7) is 0.156. The number of nitrogens with zero attached hydrogens (tertiary/aromatic N) is 1. The molecule has 0 aliphatic carbocycles. The van der Waals surface area contributed by atoms with Crippen molar-refractivity contribution in [1.82, 2.24) is 5.32 Å². The first-order chi connectivity index (χ1) is 13.0. The molecule has 0 saturated heterocycles. The number of hydrogen-bond donors (Lipinski definition) is 2. The van der Waals surface area contributed by atoms with E-state index in [0.29, 0.717) is 17.1 Å². The molecule has 2 N–H and O–H groups in total. The van der Waals surface area contributed by atoms with Crippen molar-refractivity contribution in [1.29, 1.82) is 5.26 Å². The van der Waals surface area contributed by atoms with Gasteiger partial charge in [0, 0.05) is 12.6 Å². The van der Waals surface area contributed by atoms with Crippen LogP contribution >= 0.6 is 0 Å². The third kappa shape index (κ3) is 4.86. The molecule has 27 heavy (non-hydrogen) atoms. The highest BCUT2D eigenvalue weighted by atomic mass is 16.5. The molecule has 7 heteroatoms. The summed E-state index contributed by atoms with van der Waals surface area (Å²) in [5.41, 5.74) is 1.38. The highest BCUT2D eigenvalue weighted by Gasteiger charge is 2.13. The highest BCUT2D eigenvalue weighted by Crippen LogP contribution is 2.33. The Balaban J connectivity index is 2.32. The van der Waals surface area contributed by atoms with Crippen LogP contribution in [0.5, 0.6) is 11.5 Å². The van der Waals surface area contributed by atoms with Crippen molar-refractivity contribution >= 4 is 18.0 Å². The molecule has 0 spiro atoms. The predicted octanol–water partition coefficient (Wildman–Crippen LogP) is 2.63. The Labute approximate surface area is 156 Å². The third-order valence-corrected chi connectivity index (χ3v) is 3.71. The smallest absolute Gasteiger partial charge is 0.335 e. The van der Waals surface area contributed by atoms with E-state index in [1.54, 1.807) is 30.3 Å². The van der Waals surface area contributed by atoms with Gasteiger partial charge in [-0.25, -0.2) is 4.79 Å². The van der Waals surface area contributed by atoms with E-state index in [1.807, 2.05) is 6.07 Å². The average Bonchev–Trinajstić information content (AvgIpc) is 2.70. The maximum absolute atomic E-state index is 11.8. The van der Waals surface area contributed by atoms with Gasteiger partial charge in [-0.1, -0.05) is 24.3 Å². The monoisotopic (exact) mass is 366 g/mol. The zero-order valence-corrected chi connectivity index (χ0v) is 14.9. The largest absolute Gasteiger partial charge is 0.493 e. The van der Waals surface area contributed by atoms with Crippen LogP contribution in [0.4, 0.5) is 0 Å². The molecule has 2 aromatic rings. The maximum Gasteiger partial charge on any atom is 0.335 e. The first-order valence-electron chi connectivity index (χ1n) is 7.96. The fourth-order valence-corrected chi connectivity index (χ4v) is 2.30. The van der Waals surface area contributed by atoms with E-state index in [0.717, 1.165) is 5.56 Å². The van der Waals surface area contributed by atoms with Crippen LogP contribution in [0.25, 0.3) is 6.08 Å². The topological polar surface area (TPSA) is 109 Å². The molecule has 138 valence electrons. The summed E-state index contributed by atoms with van der Waals surface area (Å²) in [7, 11) is 2.93. The Morgan fingerprint density at radius 3 is 2.48 bits per heavy atom. The maximum atomic E-state index is 11.8. The van der Waals surface area contributed by atoms with Crippen LogP contribution in [0.15, 0.2) is 48.0 Å². The third-order valence-electron chi connectivity index (χ3n) is 3.71. The number of aromatic carboxylic acids is 1. The minimum atomic E-state index is -1.00. The van der Waals surface area contributed by atoms with Crippen LogP contribution in [0.3, 0.4) is 0 Å². The molecule has 2 aromatic carbocycles. The Bertz CT molecular complexity index is 911. The summed E-state index contributed by atoms with van der Waals surface area (Å²) in [6.07, 6.45) is 1.42. The number of ether oxygens (including phenoxy) is 2. The molecular formula is C20H18N2O5. The second kappa shape index (κ2) is 9.06. The predicted molar refractivity (Wildman–Crippen MR) is 98.4 cm³/mol. The van der Waals surface area contributed by atoms with E-state index in [1.165, 1.54) is 32.4 Å². The van der Waals surface area contributed by atoms with E-state index in [9.17, 15) is 14.9 Å². The van der Waals surface area contributed by atoms with Gasteiger partial charge in [0.1, 0.15) is 18.2 Å². The molecule has 0 bridgehead atoms. The van der Waals surface area contributed by atoms with Gasteiger partial charge in [0.2, 0.25) is 0 Å². The average molecular weight is 366 g/mol. The number of para-hydroxylation sites is 1. The standard InChI is InChI=1S/C20H18N2O5/c1-22-19(23)16(11-21)10-15-4-3-5-17(26-2)18(15)27-12-13-6-8-14(9-7-13)20(24)25/h3-10H,12H2,1-2H3,(H,22,23)(H,24,25)/b16-10-. The molecule has 0 aliphatic heterocycles. The van der Waals surface area contributed by atoms with Crippen molar-refractivity contribution in [3.63, 3.8) is 0 Å². The van der Waals surface area contributed by atoms with Gasteiger partial charge < -0.3 is 19.9 Å². The van der Waals surface area contributed by atoms with Crippen LogP contribution in [-0.4, -0.2) is 31.1 Å². The van der Waals surface area contributed by atoms with Crippen LogP contribution in [-0.2, 0) is 11.4 Å². The van der Waals surface area contributed by atoms with Gasteiger partial charge in [0.15, 0.2) is 11.5 Å². The molecule has 0 unspecified atom stereocenters. The fraction of sp³-hybridized carbons (Fsp3) is 0.150. The lowest BCUT2D eigenvalue weighted by Crippen LogP contribution is -2.19. The first-order valence-corrected chi connectivity index (χ1v) is 7.96. The van der Waals surface area contributed by atoms with Crippen molar-refractivity contribution in [3.05, 3.63) is 64.7 Å². The number of likely N-dealkylation sites (N-methyl/N-ethyl adjacent to an activating group) is 1. The second-order valence-electron chi connectivity index (χ2n) is 5.42. The van der Waals surface area contributed by atoms with Crippen molar-refractivity contribution in [2.75, 3.05) is 14.2 Å². The number of carboxylic acids is 1. The van der Waals surface area contributed by atoms with Crippen LogP contribution < -0.4 is 14.8 Å². The van der Waals surface area contributed by atoms with E-state index < -0.39 is 11.9 Å². The van der Waals surface area contributed by atoms with Gasteiger partial charge in [-0.3, -0.25) is 4.79 Å². The molecule has 0 fully saturated rings. The number of rotatable bonds is 7. The first kappa shape index (κ1) is 19.5. The number of amides is 1. The Morgan fingerprint density at radius 2 is 1.93 bits per heavy atom. The van der Waals surface area contributed by atoms with E-state index in [4.69, 9.17) is 14.6 Å². The lowest BCUT2D eigenvalue weighted by Gasteiger charge is -2.14. The van der Waals surface area contributed by atoms with Gasteiger partial charge in [-0.15, -0.1) is 0 Å². The minimum Gasteiger partial charge on any atom is -0.493 e. The number of nitrogens with one attached hydrogen (secondary N) is 1. The molecule has 0 aliphatic rings. The number of methoxy groups -OCH3 is 1. The highest BCUT2D eigenvalue weighted by molar-refractivity contribution is 6.01. The summed E-state index contributed by atoms with van der Waals surface area (Å²) in [4.78, 5) is 22.7. The number of carbonyl (C=O) groups excluding carboxylic acids is 1. The number of carboxylic acid groups (broad SMARTS) is 1. The van der Waals surface area contributed by atoms with Gasteiger partial charge in [0.25, 0.3) is 5.91 Å². The zero-order valence-electron chi connectivity index (χ0n) is 14.9. The van der Waals surface area contributed by atoms with Crippen LogP contribution in [0.2, 0.25) is 0 Å². The van der Waals surface area contributed by atoms with Crippen molar-refractivity contribution in [2.45, 2.75) is 6.61 Å². The van der Waals surface area contributed by atoms with E-state index in [2.05, 4.69) is 5.32 Å². The second-order valence-corrected chi connectivity index (χ2v) is 5.42. The molecule has 0 heterocycles. The van der Waals surface area contributed by atoms with Crippen molar-refractivity contribution in [2.24, 2.45) is 0 Å². The molecule has 2 rings (SSSR count). The molecule has 0 atom stereocenters. The molecular weight excluding hydrogens is 348 g/mol. The van der Waals surface area contributed by atoms with Crippen molar-refractivity contribution in [3.8, 4) is 17.6 Å². The molecule has 0 radical (unpaired) electrons. The van der Waals surface area contributed by atoms with E-state index >= 15 is 0 Å². The Hall–Kier alpha value is -3.79. The van der Waals surface area contributed by atoms with E-state index in [-0.39, 0.29) is 17.7 Å². The zero-order chi connectivity index (χ0) is 19.8. The van der Waals surface area contributed by atoms with Gasteiger partial charge >= 0.3 is 5.97 Å².